The molecule has 11 atom stereocenters. The molecule has 1 saturated heterocycles. The number of carbonyl (C=O) groups is 5. The van der Waals surface area contributed by atoms with Gasteiger partial charge in [-0.25, -0.2) is 9.59 Å². The smallest absolute Gasteiger partial charge is 0.335 e. The molecule has 5 aliphatic heterocycles. The Hall–Kier alpha value is -6.97. The summed E-state index contributed by atoms with van der Waals surface area (Å²) < 4.78 is 29.9. The third-order valence-corrected chi connectivity index (χ3v) is 17.3. The molecule has 77 heavy (non-hydrogen) atoms. The number of aromatic amines is 1. The van der Waals surface area contributed by atoms with Gasteiger partial charge in [0.25, 0.3) is 5.91 Å². The Morgan fingerprint density at radius 1 is 0.870 bits per heavy atom. The fraction of sp³-hybridized carbons (Fsp3) is 0.491. The number of amides is 1. The summed E-state index contributed by atoms with van der Waals surface area (Å²) in [6, 6.07) is 16.4. The van der Waals surface area contributed by atoms with Gasteiger partial charge >= 0.3 is 23.9 Å². The van der Waals surface area contributed by atoms with Gasteiger partial charge in [-0.15, -0.1) is 0 Å². The van der Waals surface area contributed by atoms with E-state index in [2.05, 4.69) is 75.3 Å². The summed E-state index contributed by atoms with van der Waals surface area (Å²) in [5.74, 6) is -3.48. The lowest BCUT2D eigenvalue weighted by Crippen LogP contribution is -2.81. The Bertz CT molecular complexity index is 3050. The van der Waals surface area contributed by atoms with Crippen molar-refractivity contribution in [3.63, 3.8) is 0 Å². The molecular formula is C57H69N5O15. The number of methoxy groups -OCH3 is 4. The lowest BCUT2D eigenvalue weighted by atomic mass is 9.47. The van der Waals surface area contributed by atoms with Crippen LogP contribution in [0.15, 0.2) is 78.4 Å². The third kappa shape index (κ3) is 8.59. The van der Waals surface area contributed by atoms with E-state index in [9.17, 15) is 24.3 Å². The van der Waals surface area contributed by atoms with E-state index in [0.29, 0.717) is 67.3 Å². The number of hydrogen-bond donors (Lipinski definition) is 7. The van der Waals surface area contributed by atoms with Crippen molar-refractivity contribution < 1.29 is 73.2 Å². The average molecular weight is 1060 g/mol. The topological polar surface area (TPSA) is 270 Å². The number of nitrogens with one attached hydrogen (secondary N) is 2. The van der Waals surface area contributed by atoms with Crippen LogP contribution < -0.4 is 24.4 Å². The number of likely N-dealkylation sites (N-methyl/N-ethyl adjacent to an activating group) is 1. The number of anilines is 1. The maximum atomic E-state index is 15.4. The van der Waals surface area contributed by atoms with Crippen LogP contribution in [0.5, 0.6) is 17.2 Å². The number of rotatable bonds is 14. The number of para-hydroxylation sites is 1. The average Bonchev–Trinajstić information content (AvgIpc) is 4.08. The molecule has 7 N–H and O–H groups in total. The van der Waals surface area contributed by atoms with Gasteiger partial charge in [0.2, 0.25) is 0 Å². The first-order valence-corrected chi connectivity index (χ1v) is 25.9. The van der Waals surface area contributed by atoms with Gasteiger partial charge in [-0.3, -0.25) is 24.2 Å². The van der Waals surface area contributed by atoms with E-state index in [1.54, 1.807) is 25.3 Å². The first-order valence-electron chi connectivity index (χ1n) is 25.9. The Labute approximate surface area is 446 Å². The molecule has 0 radical (unpaired) electrons. The van der Waals surface area contributed by atoms with Crippen LogP contribution in [0.2, 0.25) is 0 Å². The van der Waals surface area contributed by atoms with Crippen LogP contribution in [0.1, 0.15) is 79.2 Å². The second kappa shape index (κ2) is 20.8. The van der Waals surface area contributed by atoms with Crippen LogP contribution >= 0.6 is 0 Å². The number of nitrogens with zero attached hydrogens (tertiary/aromatic N) is 3. The van der Waals surface area contributed by atoms with Crippen molar-refractivity contribution in [1.29, 1.82) is 0 Å². The standard InChI is InChI=1S/C53H63N5O9.C4H6O6/c1-9-32-22-33-26-52(49(61)66-8,44-36(29-57(27-32)28-33)35-14-11-12-15-39(35)55-44)38-24-37-40(25-42(38)64-6)56(4)47-51(37)19-21-58-20-13-18-50(10-2,46(51)58)48(67-31(3)59)53(47,62)30-54-45(60)34-16-17-41(63-5)43(23-34)65-7;5-1(3(7)8)2(6)4(9)10/h11-18,22-25,33,46-48,55,62H,9-10,19-21,26-30H2,1-8H3,(H,54,60);1-2,5-6H,(H,7,8)(H,9,10)/t33-,46-,47+,48+,50+,51+,52-,53-;/m0./s1. The van der Waals surface area contributed by atoms with Crippen LogP contribution in [0.4, 0.5) is 5.69 Å². The maximum Gasteiger partial charge on any atom is 0.335 e. The van der Waals surface area contributed by atoms with Crippen LogP contribution in [0.25, 0.3) is 10.9 Å². The zero-order valence-electron chi connectivity index (χ0n) is 44.6. The van der Waals surface area contributed by atoms with Crippen LogP contribution in [-0.4, -0.2) is 174 Å². The zero-order chi connectivity index (χ0) is 55.5. The second-order valence-corrected chi connectivity index (χ2v) is 21.2. The molecule has 1 aliphatic carbocycles. The van der Waals surface area contributed by atoms with Gasteiger partial charge < -0.3 is 64.4 Å². The fourth-order valence-corrected chi connectivity index (χ4v) is 14.4. The number of aliphatic hydroxyl groups excluding tert-OH is 2. The number of aromatic nitrogens is 1. The monoisotopic (exact) mass is 1060 g/mol. The quantitative estimate of drug-likeness (QED) is 0.0697. The van der Waals surface area contributed by atoms with Crippen molar-refractivity contribution in [2.24, 2.45) is 11.3 Å². The Balaban J connectivity index is 0.000000657. The lowest BCUT2D eigenvalue weighted by molar-refractivity contribution is -0.216. The fourth-order valence-electron chi connectivity index (χ4n) is 14.4. The van der Waals surface area contributed by atoms with Gasteiger partial charge in [0.15, 0.2) is 23.7 Å². The number of aliphatic hydroxyl groups is 3. The number of carboxylic acids is 2. The van der Waals surface area contributed by atoms with Crippen LogP contribution in [-0.2, 0) is 46.0 Å². The van der Waals surface area contributed by atoms with Crippen molar-refractivity contribution in [2.45, 2.75) is 99.8 Å². The largest absolute Gasteiger partial charge is 0.496 e. The summed E-state index contributed by atoms with van der Waals surface area (Å²) in [6.45, 7) is 9.10. The lowest BCUT2D eigenvalue weighted by Gasteiger charge is -2.64. The Kier molecular flexibility index (Phi) is 14.8. The van der Waals surface area contributed by atoms with E-state index in [1.807, 2.05) is 25.2 Å². The SMILES string of the molecule is CCC1=C[C@@H]2CN(C1)Cc1c([nH]c3ccccc13)[C@@](C(=O)OC)(c1cc3c(cc1OC)N(C)[C@H]1[C@@](O)(CNC(=O)c4ccc(OC)c(OC)c4)[C@H](OC(C)=O)[C@]4(CC)C=CCN5CC[C@]31[C@@H]54)C2.O=C(O)C(O)C(O)C(=O)O. The highest BCUT2D eigenvalue weighted by atomic mass is 16.6. The van der Waals surface area contributed by atoms with Crippen molar-refractivity contribution >= 4 is 46.4 Å². The molecule has 1 amide bonds. The summed E-state index contributed by atoms with van der Waals surface area (Å²) in [6.07, 6.45) is 3.57. The molecule has 2 fully saturated rings. The number of H-pyrrole nitrogens is 1. The van der Waals surface area contributed by atoms with E-state index in [4.69, 9.17) is 44.1 Å². The summed E-state index contributed by atoms with van der Waals surface area (Å²) in [5.41, 5.74) is 2.06. The summed E-state index contributed by atoms with van der Waals surface area (Å²) in [7, 11) is 8.13. The normalized spacial score (nSPS) is 29.3. The summed E-state index contributed by atoms with van der Waals surface area (Å²) >= 11 is 0. The van der Waals surface area contributed by atoms with Crippen molar-refractivity contribution in [1.82, 2.24) is 20.1 Å². The van der Waals surface area contributed by atoms with E-state index < -0.39 is 70.0 Å². The molecule has 1 aromatic heterocycles. The van der Waals surface area contributed by atoms with Crippen molar-refractivity contribution in [3.05, 3.63) is 106 Å². The highest BCUT2D eigenvalue weighted by Crippen LogP contribution is 2.68. The molecule has 3 aromatic carbocycles. The van der Waals surface area contributed by atoms with Gasteiger partial charge in [0, 0.05) is 96.5 Å². The van der Waals surface area contributed by atoms with Crippen LogP contribution in [0, 0.1) is 11.3 Å². The number of ether oxygens (including phenoxy) is 5. The van der Waals surface area contributed by atoms with E-state index in [-0.39, 0.29) is 24.5 Å². The number of carboxylic acid groups (broad SMARTS) is 2. The van der Waals surface area contributed by atoms with Gasteiger partial charge in [-0.1, -0.05) is 55.8 Å². The highest BCUT2D eigenvalue weighted by Gasteiger charge is 2.78. The van der Waals surface area contributed by atoms with Gasteiger partial charge in [0.1, 0.15) is 22.9 Å². The zero-order valence-corrected chi connectivity index (χ0v) is 44.6. The number of benzene rings is 3. The highest BCUT2D eigenvalue weighted by molar-refractivity contribution is 5.96. The molecule has 20 nitrogen and oxygen atoms in total. The molecule has 1 spiro atoms. The molecule has 2 bridgehead atoms. The van der Waals surface area contributed by atoms with Crippen molar-refractivity contribution in [3.8, 4) is 17.2 Å². The Morgan fingerprint density at radius 2 is 1.57 bits per heavy atom. The number of esters is 2. The summed E-state index contributed by atoms with van der Waals surface area (Å²) in [4.78, 5) is 73.4. The Morgan fingerprint density at radius 3 is 2.21 bits per heavy atom. The first kappa shape index (κ1) is 54.8. The molecule has 412 valence electrons. The first-order chi connectivity index (χ1) is 36.7. The summed E-state index contributed by atoms with van der Waals surface area (Å²) in [5, 5.41) is 50.7. The minimum absolute atomic E-state index is 0.0191. The molecular weight excluding hydrogens is 995 g/mol. The number of hydrogen-bond acceptors (Lipinski definition) is 16. The predicted molar refractivity (Wildman–Crippen MR) is 281 cm³/mol. The number of aliphatic carboxylic acids is 2. The molecule has 1 saturated carbocycles. The maximum absolute atomic E-state index is 15.4. The minimum atomic E-state index is -2.27. The van der Waals surface area contributed by atoms with Crippen LogP contribution in [0.3, 0.4) is 0 Å². The molecule has 10 rings (SSSR count). The molecule has 6 aliphatic rings. The van der Waals surface area contributed by atoms with Gasteiger partial charge in [0.05, 0.1) is 41.0 Å². The van der Waals surface area contributed by atoms with E-state index in [0.717, 1.165) is 52.9 Å². The number of carbonyl (C=O) groups excluding carboxylic acids is 3. The molecule has 20 heteroatoms. The third-order valence-electron chi connectivity index (χ3n) is 17.3. The van der Waals surface area contributed by atoms with Crippen molar-refractivity contribution in [2.75, 3.05) is 73.1 Å². The minimum Gasteiger partial charge on any atom is -0.496 e. The van der Waals surface area contributed by atoms with Gasteiger partial charge in [-0.05, 0) is 79.6 Å². The molecule has 6 heterocycles. The predicted octanol–water partition coefficient (Wildman–Crippen LogP) is 3.91. The van der Waals surface area contributed by atoms with E-state index in [1.165, 1.54) is 33.8 Å². The van der Waals surface area contributed by atoms with Gasteiger partial charge in [-0.2, -0.15) is 0 Å². The molecule has 4 aromatic rings. The molecule has 3 unspecified atom stereocenters. The second-order valence-electron chi connectivity index (χ2n) is 21.2. The van der Waals surface area contributed by atoms with E-state index >= 15 is 4.79 Å². The number of fused-ring (bicyclic) bond motifs is 6.